The van der Waals surface area contributed by atoms with Crippen LogP contribution in [0.1, 0.15) is 22.5 Å². The summed E-state index contributed by atoms with van der Waals surface area (Å²) in [6, 6.07) is 22.7. The Hall–Kier alpha value is -3.89. The first-order valence-electron chi connectivity index (χ1n) is 8.61. The Bertz CT molecular complexity index is 1210. The summed E-state index contributed by atoms with van der Waals surface area (Å²) in [6.45, 7) is 4.18. The summed E-state index contributed by atoms with van der Waals surface area (Å²) in [5, 5.41) is 20.6. The second kappa shape index (κ2) is 6.44. The summed E-state index contributed by atoms with van der Waals surface area (Å²) in [4.78, 5) is 7.35. The van der Waals surface area contributed by atoms with Gasteiger partial charge < -0.3 is 4.98 Å². The van der Waals surface area contributed by atoms with Crippen molar-refractivity contribution in [2.24, 2.45) is 0 Å². The molecule has 0 aliphatic carbocycles. The van der Waals surface area contributed by atoms with E-state index < -0.39 is 0 Å². The molecule has 3 aromatic carbocycles. The fraction of sp³-hybridized carbons (Fsp3) is 0.0870. The summed E-state index contributed by atoms with van der Waals surface area (Å²) in [6.07, 6.45) is 0. The van der Waals surface area contributed by atoms with Crippen LogP contribution in [0.3, 0.4) is 0 Å². The number of rotatable bonds is 2. The van der Waals surface area contributed by atoms with E-state index in [1.54, 1.807) is 0 Å². The number of hydrogen-bond acceptors (Lipinski definition) is 3. The highest BCUT2D eigenvalue weighted by Gasteiger charge is 2.15. The van der Waals surface area contributed by atoms with Gasteiger partial charge in [0.25, 0.3) is 0 Å². The van der Waals surface area contributed by atoms with E-state index in [0.29, 0.717) is 5.82 Å². The van der Waals surface area contributed by atoms with Crippen molar-refractivity contribution >= 4 is 10.8 Å². The lowest BCUT2D eigenvalue weighted by Crippen LogP contribution is -1.89. The molecule has 1 aromatic heterocycles. The van der Waals surface area contributed by atoms with Gasteiger partial charge in [-0.15, -0.1) is 0 Å². The number of aromatic amines is 1. The minimum atomic E-state index is 0.119. The summed E-state index contributed by atoms with van der Waals surface area (Å²) in [5.74, 6) is 0.533. The van der Waals surface area contributed by atoms with Crippen molar-refractivity contribution in [2.75, 3.05) is 0 Å². The van der Waals surface area contributed by atoms with Crippen LogP contribution in [0.15, 0.2) is 54.6 Å². The second-order valence-corrected chi connectivity index (χ2v) is 6.62. The molecule has 0 saturated carbocycles. The molecule has 1 N–H and O–H groups in total. The molecule has 0 bridgehead atoms. The first-order valence-corrected chi connectivity index (χ1v) is 8.61. The monoisotopic (exact) mass is 348 g/mol. The van der Waals surface area contributed by atoms with Gasteiger partial charge in [0.2, 0.25) is 0 Å². The van der Waals surface area contributed by atoms with Crippen LogP contribution in [0.25, 0.3) is 33.3 Å². The fourth-order valence-electron chi connectivity index (χ4n) is 3.57. The molecule has 4 heteroatoms. The molecule has 4 rings (SSSR count). The van der Waals surface area contributed by atoms with E-state index in [4.69, 9.17) is 0 Å². The molecule has 27 heavy (non-hydrogen) atoms. The van der Waals surface area contributed by atoms with Crippen LogP contribution >= 0.6 is 0 Å². The molecule has 0 aliphatic heterocycles. The maximum Gasteiger partial charge on any atom is 0.177 e. The van der Waals surface area contributed by atoms with Crippen molar-refractivity contribution in [1.82, 2.24) is 9.97 Å². The van der Waals surface area contributed by atoms with Gasteiger partial charge in [-0.05, 0) is 30.4 Å². The predicted molar refractivity (Wildman–Crippen MR) is 106 cm³/mol. The Balaban J connectivity index is 2.05. The summed E-state index contributed by atoms with van der Waals surface area (Å²) in [5.41, 5.74) is 5.83. The first-order chi connectivity index (χ1) is 13.1. The largest absolute Gasteiger partial charge is 0.329 e. The average Bonchev–Trinajstić information content (AvgIpc) is 3.09. The Morgan fingerprint density at radius 2 is 1.52 bits per heavy atom. The van der Waals surface area contributed by atoms with E-state index in [1.165, 1.54) is 11.1 Å². The number of benzene rings is 3. The lowest BCUT2D eigenvalue weighted by atomic mass is 9.92. The van der Waals surface area contributed by atoms with Crippen molar-refractivity contribution in [3.05, 3.63) is 77.1 Å². The smallest absolute Gasteiger partial charge is 0.177 e. The second-order valence-electron chi connectivity index (χ2n) is 6.62. The van der Waals surface area contributed by atoms with Crippen LogP contribution in [0.5, 0.6) is 0 Å². The number of aryl methyl sites for hydroxylation is 2. The maximum absolute atomic E-state index is 9.24. The normalized spacial score (nSPS) is 10.5. The van der Waals surface area contributed by atoms with Gasteiger partial charge >= 0.3 is 0 Å². The Morgan fingerprint density at radius 3 is 2.11 bits per heavy atom. The van der Waals surface area contributed by atoms with Crippen molar-refractivity contribution in [2.45, 2.75) is 13.8 Å². The molecule has 0 aliphatic rings. The van der Waals surface area contributed by atoms with Gasteiger partial charge in [0.15, 0.2) is 11.4 Å². The van der Waals surface area contributed by atoms with Crippen molar-refractivity contribution in [3.8, 4) is 34.7 Å². The van der Waals surface area contributed by atoms with E-state index in [1.807, 2.05) is 30.3 Å². The molecular formula is C23H16N4. The maximum atomic E-state index is 9.24. The van der Waals surface area contributed by atoms with Crippen LogP contribution in [0.2, 0.25) is 0 Å². The number of hydrogen-bond donors (Lipinski definition) is 1. The Kier molecular flexibility index (Phi) is 3.95. The van der Waals surface area contributed by atoms with Crippen molar-refractivity contribution in [1.29, 1.82) is 10.5 Å². The van der Waals surface area contributed by atoms with Crippen LogP contribution in [0, 0.1) is 36.5 Å². The minimum absolute atomic E-state index is 0.119. The number of fused-ring (bicyclic) bond motifs is 1. The molecular weight excluding hydrogens is 332 g/mol. The predicted octanol–water partition coefficient (Wildman–Crippen LogP) is 5.26. The summed E-state index contributed by atoms with van der Waals surface area (Å²) in [7, 11) is 0. The Morgan fingerprint density at radius 1 is 0.852 bits per heavy atom. The lowest BCUT2D eigenvalue weighted by molar-refractivity contribution is 1.29. The van der Waals surface area contributed by atoms with E-state index in [0.717, 1.165) is 27.5 Å². The number of imidazole rings is 1. The van der Waals surface area contributed by atoms with E-state index in [9.17, 15) is 10.5 Å². The molecule has 0 amide bonds. The number of nitrogens with one attached hydrogen (secondary N) is 1. The van der Waals surface area contributed by atoms with Crippen molar-refractivity contribution in [3.63, 3.8) is 0 Å². The molecule has 1 heterocycles. The lowest BCUT2D eigenvalue weighted by Gasteiger charge is -2.12. The van der Waals surface area contributed by atoms with E-state index >= 15 is 0 Å². The molecule has 0 unspecified atom stereocenters. The minimum Gasteiger partial charge on any atom is -0.329 e. The van der Waals surface area contributed by atoms with Crippen molar-refractivity contribution < 1.29 is 0 Å². The molecule has 128 valence electrons. The molecule has 0 fully saturated rings. The van der Waals surface area contributed by atoms with Gasteiger partial charge in [-0.25, -0.2) is 4.98 Å². The van der Waals surface area contributed by atoms with Gasteiger partial charge in [-0.2, -0.15) is 10.5 Å². The fourth-order valence-corrected chi connectivity index (χ4v) is 3.57. The van der Waals surface area contributed by atoms with Crippen LogP contribution in [-0.4, -0.2) is 9.97 Å². The molecule has 4 aromatic rings. The third kappa shape index (κ3) is 2.84. The SMILES string of the molecule is Cc1cc(C)cc(-c2cccc3cccc(-c4nc(C#N)c(C#N)[nH]4)c23)c1. The average molecular weight is 348 g/mol. The van der Waals surface area contributed by atoms with E-state index in [2.05, 4.69) is 60.2 Å². The van der Waals surface area contributed by atoms with Gasteiger partial charge in [0.05, 0.1) is 0 Å². The first kappa shape index (κ1) is 16.6. The highest BCUT2D eigenvalue weighted by molar-refractivity contribution is 6.05. The summed E-state index contributed by atoms with van der Waals surface area (Å²) >= 11 is 0. The number of H-pyrrole nitrogens is 1. The highest BCUT2D eigenvalue weighted by Crippen LogP contribution is 2.36. The standard InChI is InChI=1S/C23H16N4/c1-14-9-15(2)11-17(10-14)18-7-3-5-16-6-4-8-19(22(16)18)23-26-20(12-24)21(13-25)27-23/h3-11H,1-2H3,(H,26,27). The Labute approximate surface area is 157 Å². The third-order valence-electron chi connectivity index (χ3n) is 4.61. The topological polar surface area (TPSA) is 76.3 Å². The molecule has 0 atom stereocenters. The van der Waals surface area contributed by atoms with Gasteiger partial charge in [-0.3, -0.25) is 0 Å². The zero-order valence-electron chi connectivity index (χ0n) is 15.0. The zero-order valence-corrected chi connectivity index (χ0v) is 15.0. The summed E-state index contributed by atoms with van der Waals surface area (Å²) < 4.78 is 0. The quantitative estimate of drug-likeness (QED) is 0.537. The van der Waals surface area contributed by atoms with Gasteiger partial charge in [-0.1, -0.05) is 65.7 Å². The van der Waals surface area contributed by atoms with Crippen LogP contribution in [0.4, 0.5) is 0 Å². The molecule has 0 spiro atoms. The van der Waals surface area contributed by atoms with Crippen LogP contribution in [-0.2, 0) is 0 Å². The third-order valence-corrected chi connectivity index (χ3v) is 4.61. The molecule has 0 radical (unpaired) electrons. The number of aromatic nitrogens is 2. The van der Waals surface area contributed by atoms with Crippen LogP contribution < -0.4 is 0 Å². The zero-order chi connectivity index (χ0) is 19.0. The molecule has 4 nitrogen and oxygen atoms in total. The number of nitrogens with zero attached hydrogens (tertiary/aromatic N) is 3. The number of nitriles is 2. The van der Waals surface area contributed by atoms with Gasteiger partial charge in [0.1, 0.15) is 18.0 Å². The highest BCUT2D eigenvalue weighted by atomic mass is 14.9. The van der Waals surface area contributed by atoms with Gasteiger partial charge in [0, 0.05) is 10.9 Å². The van der Waals surface area contributed by atoms with E-state index in [-0.39, 0.29) is 11.4 Å². The molecule has 0 saturated heterocycles.